The molecule has 0 aliphatic carbocycles. The number of hydrogen-bond acceptors (Lipinski definition) is 3. The molecule has 18 heavy (non-hydrogen) atoms. The first-order valence-electron chi connectivity index (χ1n) is 6.03. The third kappa shape index (κ3) is 2.94. The van der Waals surface area contributed by atoms with E-state index in [2.05, 4.69) is 5.32 Å². The van der Waals surface area contributed by atoms with Crippen LogP contribution >= 0.6 is 11.6 Å². The Labute approximate surface area is 112 Å². The molecule has 1 aliphatic rings. The van der Waals surface area contributed by atoms with Gasteiger partial charge in [-0.05, 0) is 30.7 Å². The predicted molar refractivity (Wildman–Crippen MR) is 70.8 cm³/mol. The van der Waals surface area contributed by atoms with Gasteiger partial charge < -0.3 is 10.1 Å². The Bertz CT molecular complexity index is 408. The molecule has 0 aromatic heterocycles. The van der Waals surface area contributed by atoms with Crippen molar-refractivity contribution in [2.75, 3.05) is 26.7 Å². The molecule has 1 aromatic carbocycles. The lowest BCUT2D eigenvalue weighted by Gasteiger charge is -2.28. The standard InChI is InChI=1S/C13H17ClN2O2/c1-18-13(17)16-9-8-15-7-6-12(16)10-2-4-11(14)5-3-10/h2-5,12,15H,6-9H2,1H3. The zero-order chi connectivity index (χ0) is 13.0. The SMILES string of the molecule is COC(=O)N1CCNCCC1c1ccc(Cl)cc1. The van der Waals surface area contributed by atoms with Crippen LogP contribution in [0.15, 0.2) is 24.3 Å². The Morgan fingerprint density at radius 1 is 1.39 bits per heavy atom. The molecule has 5 heteroatoms. The van der Waals surface area contributed by atoms with Crippen molar-refractivity contribution in [2.24, 2.45) is 0 Å². The van der Waals surface area contributed by atoms with E-state index in [9.17, 15) is 4.79 Å². The Balaban J connectivity index is 2.24. The highest BCUT2D eigenvalue weighted by molar-refractivity contribution is 6.30. The lowest BCUT2D eigenvalue weighted by atomic mass is 10.0. The van der Waals surface area contributed by atoms with Crippen LogP contribution in [-0.4, -0.2) is 37.7 Å². The molecule has 98 valence electrons. The summed E-state index contributed by atoms with van der Waals surface area (Å²) < 4.78 is 4.85. The Morgan fingerprint density at radius 2 is 2.11 bits per heavy atom. The van der Waals surface area contributed by atoms with Gasteiger partial charge in [0.2, 0.25) is 0 Å². The van der Waals surface area contributed by atoms with Gasteiger partial charge >= 0.3 is 6.09 Å². The van der Waals surface area contributed by atoms with Gasteiger partial charge in [-0.3, -0.25) is 4.90 Å². The molecular formula is C13H17ClN2O2. The summed E-state index contributed by atoms with van der Waals surface area (Å²) >= 11 is 5.89. The second-order valence-electron chi connectivity index (χ2n) is 4.27. The molecule has 1 fully saturated rings. The van der Waals surface area contributed by atoms with Crippen LogP contribution in [0.25, 0.3) is 0 Å². The van der Waals surface area contributed by atoms with Gasteiger partial charge in [0.1, 0.15) is 0 Å². The normalized spacial score (nSPS) is 20.3. The van der Waals surface area contributed by atoms with Gasteiger partial charge in [-0.1, -0.05) is 23.7 Å². The number of hydrogen-bond donors (Lipinski definition) is 1. The van der Waals surface area contributed by atoms with Crippen molar-refractivity contribution in [3.63, 3.8) is 0 Å². The molecule has 1 saturated heterocycles. The Hall–Kier alpha value is -1.26. The van der Waals surface area contributed by atoms with Crippen LogP contribution in [0.5, 0.6) is 0 Å². The fraction of sp³-hybridized carbons (Fsp3) is 0.462. The number of benzene rings is 1. The molecule has 0 saturated carbocycles. The number of ether oxygens (including phenoxy) is 1. The molecule has 0 bridgehead atoms. The number of carbonyl (C=O) groups excluding carboxylic acids is 1. The van der Waals surface area contributed by atoms with Crippen LogP contribution in [0.4, 0.5) is 4.79 Å². The lowest BCUT2D eigenvalue weighted by Crippen LogP contribution is -2.36. The number of halogens is 1. The van der Waals surface area contributed by atoms with Gasteiger partial charge in [0.25, 0.3) is 0 Å². The lowest BCUT2D eigenvalue weighted by molar-refractivity contribution is 0.107. The topological polar surface area (TPSA) is 41.6 Å². The summed E-state index contributed by atoms with van der Waals surface area (Å²) in [6, 6.07) is 7.68. The molecular weight excluding hydrogens is 252 g/mol. The summed E-state index contributed by atoms with van der Waals surface area (Å²) in [6.45, 7) is 2.33. The van der Waals surface area contributed by atoms with Crippen LogP contribution in [0.2, 0.25) is 5.02 Å². The van der Waals surface area contributed by atoms with Crippen molar-refractivity contribution in [2.45, 2.75) is 12.5 Å². The summed E-state index contributed by atoms with van der Waals surface area (Å²) in [5.74, 6) is 0. The molecule has 4 nitrogen and oxygen atoms in total. The Morgan fingerprint density at radius 3 is 2.78 bits per heavy atom. The second-order valence-corrected chi connectivity index (χ2v) is 4.71. The summed E-state index contributed by atoms with van der Waals surface area (Å²) in [6.07, 6.45) is 0.593. The van der Waals surface area contributed by atoms with E-state index < -0.39 is 0 Å². The number of carbonyl (C=O) groups is 1. The molecule has 1 amide bonds. The van der Waals surface area contributed by atoms with E-state index in [-0.39, 0.29) is 12.1 Å². The van der Waals surface area contributed by atoms with Gasteiger partial charge in [-0.25, -0.2) is 4.79 Å². The molecule has 1 aliphatic heterocycles. The van der Waals surface area contributed by atoms with Crippen molar-refractivity contribution >= 4 is 17.7 Å². The van der Waals surface area contributed by atoms with Crippen LogP contribution < -0.4 is 5.32 Å². The third-order valence-corrected chi connectivity index (χ3v) is 3.42. The second kappa shape index (κ2) is 6.07. The number of amides is 1. The van der Waals surface area contributed by atoms with Gasteiger partial charge in [0, 0.05) is 18.1 Å². The van der Waals surface area contributed by atoms with E-state index in [0.29, 0.717) is 11.6 Å². The van der Waals surface area contributed by atoms with Crippen molar-refractivity contribution in [1.82, 2.24) is 10.2 Å². The number of rotatable bonds is 1. The van der Waals surface area contributed by atoms with Gasteiger partial charge in [-0.2, -0.15) is 0 Å². The van der Waals surface area contributed by atoms with E-state index in [1.807, 2.05) is 24.3 Å². The van der Waals surface area contributed by atoms with Crippen molar-refractivity contribution in [3.05, 3.63) is 34.9 Å². The maximum atomic E-state index is 11.8. The molecule has 1 N–H and O–H groups in total. The highest BCUT2D eigenvalue weighted by Gasteiger charge is 2.27. The number of methoxy groups -OCH3 is 1. The Kier molecular flexibility index (Phi) is 4.44. The number of nitrogens with zero attached hydrogens (tertiary/aromatic N) is 1. The van der Waals surface area contributed by atoms with E-state index in [1.165, 1.54) is 7.11 Å². The summed E-state index contributed by atoms with van der Waals surface area (Å²) in [7, 11) is 1.42. The highest BCUT2D eigenvalue weighted by Crippen LogP contribution is 2.26. The zero-order valence-corrected chi connectivity index (χ0v) is 11.1. The van der Waals surface area contributed by atoms with Crippen LogP contribution in [-0.2, 0) is 4.74 Å². The minimum absolute atomic E-state index is 0.0460. The molecule has 0 spiro atoms. The number of nitrogens with one attached hydrogen (secondary N) is 1. The van der Waals surface area contributed by atoms with Crippen molar-refractivity contribution < 1.29 is 9.53 Å². The van der Waals surface area contributed by atoms with Gasteiger partial charge in [0.15, 0.2) is 0 Å². The first-order valence-corrected chi connectivity index (χ1v) is 6.41. The average Bonchev–Trinajstić information content (AvgIpc) is 2.64. The predicted octanol–water partition coefficient (Wildman–Crippen LogP) is 2.44. The van der Waals surface area contributed by atoms with Crippen LogP contribution in [0.1, 0.15) is 18.0 Å². The first kappa shape index (κ1) is 13.2. The van der Waals surface area contributed by atoms with E-state index in [4.69, 9.17) is 16.3 Å². The maximum absolute atomic E-state index is 11.8. The van der Waals surface area contributed by atoms with Crippen LogP contribution in [0.3, 0.4) is 0 Å². The van der Waals surface area contributed by atoms with E-state index in [1.54, 1.807) is 4.90 Å². The largest absolute Gasteiger partial charge is 0.453 e. The minimum Gasteiger partial charge on any atom is -0.453 e. The van der Waals surface area contributed by atoms with Crippen molar-refractivity contribution in [1.29, 1.82) is 0 Å². The fourth-order valence-corrected chi connectivity index (χ4v) is 2.37. The third-order valence-electron chi connectivity index (χ3n) is 3.16. The molecule has 1 aromatic rings. The molecule has 1 unspecified atom stereocenters. The van der Waals surface area contributed by atoms with E-state index in [0.717, 1.165) is 25.1 Å². The minimum atomic E-state index is -0.279. The summed E-state index contributed by atoms with van der Waals surface area (Å²) in [5.41, 5.74) is 1.09. The van der Waals surface area contributed by atoms with Gasteiger partial charge in [-0.15, -0.1) is 0 Å². The van der Waals surface area contributed by atoms with Gasteiger partial charge in [0.05, 0.1) is 13.2 Å². The van der Waals surface area contributed by atoms with Crippen LogP contribution in [0, 0.1) is 0 Å². The highest BCUT2D eigenvalue weighted by atomic mass is 35.5. The zero-order valence-electron chi connectivity index (χ0n) is 10.4. The maximum Gasteiger partial charge on any atom is 0.410 e. The molecule has 2 rings (SSSR count). The molecule has 0 radical (unpaired) electrons. The average molecular weight is 269 g/mol. The first-order chi connectivity index (χ1) is 8.72. The smallest absolute Gasteiger partial charge is 0.410 e. The monoisotopic (exact) mass is 268 g/mol. The quantitative estimate of drug-likeness (QED) is 0.851. The van der Waals surface area contributed by atoms with Crippen molar-refractivity contribution in [3.8, 4) is 0 Å². The summed E-state index contributed by atoms with van der Waals surface area (Å²) in [5, 5.41) is 4.00. The van der Waals surface area contributed by atoms with E-state index >= 15 is 0 Å². The summed E-state index contributed by atoms with van der Waals surface area (Å²) in [4.78, 5) is 13.6. The molecule has 1 heterocycles. The molecule has 1 atom stereocenters. The fourth-order valence-electron chi connectivity index (χ4n) is 2.24.